The number of phenols is 1. The van der Waals surface area contributed by atoms with Gasteiger partial charge >= 0.3 is 0 Å². The Labute approximate surface area is 216 Å². The highest BCUT2D eigenvalue weighted by atomic mass is 79.9. The Bertz CT molecular complexity index is 1470. The first kappa shape index (κ1) is 23.2. The molecule has 2 aromatic heterocycles. The molecule has 0 fully saturated rings. The second kappa shape index (κ2) is 10.4. The number of rotatable bonds is 7. The van der Waals surface area contributed by atoms with Gasteiger partial charge in [0, 0.05) is 31.5 Å². The third-order valence-electron chi connectivity index (χ3n) is 5.34. The third kappa shape index (κ3) is 5.75. The molecular weight excluding hydrogens is 522 g/mol. The number of benzene rings is 3. The molecule has 0 amide bonds. The summed E-state index contributed by atoms with van der Waals surface area (Å²) in [7, 11) is 0. The van der Waals surface area contributed by atoms with E-state index in [0.29, 0.717) is 12.3 Å². The summed E-state index contributed by atoms with van der Waals surface area (Å²) < 4.78 is 7.02. The summed E-state index contributed by atoms with van der Waals surface area (Å²) >= 11 is 5.08. The maximum Gasteiger partial charge on any atom is 0.161 e. The first-order chi connectivity index (χ1) is 17.0. The Morgan fingerprint density at radius 2 is 1.71 bits per heavy atom. The van der Waals surface area contributed by atoms with Crippen LogP contribution in [0.4, 0.5) is 11.4 Å². The molecule has 3 aromatic carbocycles. The Morgan fingerprint density at radius 3 is 2.51 bits per heavy atom. The molecular formula is C28H22BrN3O2S. The number of hydrogen-bond donors (Lipinski definition) is 2. The molecule has 5 aromatic rings. The van der Waals surface area contributed by atoms with Crippen molar-refractivity contribution in [2.24, 2.45) is 0 Å². The molecule has 0 saturated carbocycles. The van der Waals surface area contributed by atoms with Gasteiger partial charge in [0.1, 0.15) is 18.1 Å². The number of ether oxygens (including phenoxy) is 1. The highest BCUT2D eigenvalue weighted by Crippen LogP contribution is 2.37. The molecule has 2 N–H and O–H groups in total. The van der Waals surface area contributed by atoms with Gasteiger partial charge in [-0.2, -0.15) is 0 Å². The topological polar surface area (TPSA) is 67.3 Å². The zero-order chi connectivity index (χ0) is 24.2. The highest BCUT2D eigenvalue weighted by molar-refractivity contribution is 9.10. The fourth-order valence-electron chi connectivity index (χ4n) is 3.57. The van der Waals surface area contributed by atoms with Crippen LogP contribution in [0, 0.1) is 6.92 Å². The van der Waals surface area contributed by atoms with E-state index in [2.05, 4.69) is 49.4 Å². The van der Waals surface area contributed by atoms with E-state index in [0.717, 1.165) is 48.0 Å². The summed E-state index contributed by atoms with van der Waals surface area (Å²) in [6.07, 6.45) is 1.77. The number of fused-ring (bicyclic) bond motifs is 1. The number of anilines is 2. The van der Waals surface area contributed by atoms with Crippen LogP contribution in [0.3, 0.4) is 0 Å². The van der Waals surface area contributed by atoms with Crippen molar-refractivity contribution in [3.05, 3.63) is 107 Å². The minimum atomic E-state index is 0.249. The van der Waals surface area contributed by atoms with Crippen molar-refractivity contribution in [1.29, 1.82) is 0 Å². The average molecular weight is 544 g/mol. The first-order valence-corrected chi connectivity index (χ1v) is 12.6. The molecule has 0 bridgehead atoms. The van der Waals surface area contributed by atoms with Crippen molar-refractivity contribution < 1.29 is 9.84 Å². The lowest BCUT2D eigenvalue weighted by Crippen LogP contribution is -2.00. The van der Waals surface area contributed by atoms with Gasteiger partial charge in [-0.3, -0.25) is 0 Å². The van der Waals surface area contributed by atoms with Gasteiger partial charge in [0.15, 0.2) is 5.65 Å². The summed E-state index contributed by atoms with van der Waals surface area (Å²) in [5.74, 6) is 1.06. The first-order valence-electron chi connectivity index (χ1n) is 11.0. The predicted octanol–water partition coefficient (Wildman–Crippen LogP) is 7.88. The molecule has 7 heteroatoms. The van der Waals surface area contributed by atoms with E-state index in [1.165, 1.54) is 0 Å². The quantitative estimate of drug-likeness (QED) is 0.217. The molecule has 0 aliphatic carbocycles. The highest BCUT2D eigenvalue weighted by Gasteiger charge is 2.11. The van der Waals surface area contributed by atoms with Gasteiger partial charge in [0.25, 0.3) is 0 Å². The Hall–Kier alpha value is -3.55. The Kier molecular flexibility index (Phi) is 6.88. The maximum atomic E-state index is 9.65. The fourth-order valence-corrected chi connectivity index (χ4v) is 4.72. The number of nitrogens with zero attached hydrogens (tertiary/aromatic N) is 2. The van der Waals surface area contributed by atoms with E-state index in [1.54, 1.807) is 30.1 Å². The van der Waals surface area contributed by atoms with E-state index < -0.39 is 0 Å². The molecule has 0 spiro atoms. The molecule has 0 atom stereocenters. The molecule has 0 aliphatic heterocycles. The molecule has 0 radical (unpaired) electrons. The summed E-state index contributed by atoms with van der Waals surface area (Å²) in [5, 5.41) is 14.2. The van der Waals surface area contributed by atoms with Crippen molar-refractivity contribution in [2.45, 2.75) is 23.3 Å². The number of halogens is 1. The number of aromatic nitrogens is 2. The number of nitrogens with one attached hydrogen (secondary N) is 1. The largest absolute Gasteiger partial charge is 0.508 e. The second-order valence-electron chi connectivity index (χ2n) is 7.98. The molecule has 5 nitrogen and oxygen atoms in total. The molecule has 0 saturated heterocycles. The van der Waals surface area contributed by atoms with Gasteiger partial charge in [0.2, 0.25) is 0 Å². The van der Waals surface area contributed by atoms with Crippen LogP contribution in [0.25, 0.3) is 11.0 Å². The van der Waals surface area contributed by atoms with Crippen LogP contribution in [-0.4, -0.2) is 15.1 Å². The summed E-state index contributed by atoms with van der Waals surface area (Å²) in [5.41, 5.74) is 4.56. The smallest absolute Gasteiger partial charge is 0.161 e. The van der Waals surface area contributed by atoms with Gasteiger partial charge in [0.05, 0.1) is 11.4 Å². The van der Waals surface area contributed by atoms with E-state index in [9.17, 15) is 5.11 Å². The minimum Gasteiger partial charge on any atom is -0.508 e. The molecule has 174 valence electrons. The second-order valence-corrected chi connectivity index (χ2v) is 10.0. The molecule has 5 rings (SSSR count). The van der Waals surface area contributed by atoms with Gasteiger partial charge in [-0.15, -0.1) is 0 Å². The van der Waals surface area contributed by atoms with Gasteiger partial charge < -0.3 is 15.2 Å². The zero-order valence-electron chi connectivity index (χ0n) is 18.9. The van der Waals surface area contributed by atoms with Crippen LogP contribution in [0.5, 0.6) is 11.5 Å². The maximum absolute atomic E-state index is 9.65. The zero-order valence-corrected chi connectivity index (χ0v) is 21.3. The minimum absolute atomic E-state index is 0.249. The lowest BCUT2D eigenvalue weighted by molar-refractivity contribution is 0.306. The molecule has 0 aliphatic rings. The summed E-state index contributed by atoms with van der Waals surface area (Å²) in [6, 6.07) is 27.3. The van der Waals surface area contributed by atoms with Gasteiger partial charge in [-0.05, 0) is 91.3 Å². The van der Waals surface area contributed by atoms with Crippen molar-refractivity contribution >= 4 is 50.1 Å². The van der Waals surface area contributed by atoms with Crippen LogP contribution in [-0.2, 0) is 6.61 Å². The fraction of sp³-hybridized carbons (Fsp3) is 0.0714. The van der Waals surface area contributed by atoms with E-state index in [4.69, 9.17) is 4.74 Å². The van der Waals surface area contributed by atoms with E-state index in [1.807, 2.05) is 61.5 Å². The van der Waals surface area contributed by atoms with Gasteiger partial charge in [-0.25, -0.2) is 9.97 Å². The monoisotopic (exact) mass is 543 g/mol. The molecule has 2 heterocycles. The Balaban J connectivity index is 1.47. The number of aryl methyl sites for hydroxylation is 1. The predicted molar refractivity (Wildman–Crippen MR) is 145 cm³/mol. The van der Waals surface area contributed by atoms with Crippen LogP contribution in [0.2, 0.25) is 0 Å². The van der Waals surface area contributed by atoms with Crippen molar-refractivity contribution in [2.75, 3.05) is 5.32 Å². The van der Waals surface area contributed by atoms with E-state index >= 15 is 0 Å². The lowest BCUT2D eigenvalue weighted by atomic mass is 10.2. The van der Waals surface area contributed by atoms with Crippen LogP contribution < -0.4 is 10.1 Å². The summed E-state index contributed by atoms with van der Waals surface area (Å²) in [6.45, 7) is 2.40. The normalized spacial score (nSPS) is 10.9. The number of phenolic OH excluding ortho intramolecular Hbond substituents is 1. The van der Waals surface area contributed by atoms with Crippen LogP contribution in [0.15, 0.2) is 105 Å². The SMILES string of the molecule is Cc1ccc2c(Nc3cc(COc4ccc(Br)cc4)ccc3Sc3ccc(O)cc3)ccnc2n1. The van der Waals surface area contributed by atoms with E-state index in [-0.39, 0.29) is 5.75 Å². The Morgan fingerprint density at radius 1 is 0.914 bits per heavy atom. The summed E-state index contributed by atoms with van der Waals surface area (Å²) in [4.78, 5) is 11.1. The standard InChI is InChI=1S/C28H22BrN3O2S/c1-18-2-12-24-25(14-15-30-28(24)31-18)32-26-16-19(17-34-22-8-4-20(29)5-9-22)3-13-27(26)35-23-10-6-21(33)7-11-23/h2-16,33H,17H2,1H3,(H,30,31,32). The molecule has 35 heavy (non-hydrogen) atoms. The average Bonchev–Trinajstić information content (AvgIpc) is 2.86. The van der Waals surface area contributed by atoms with Crippen molar-refractivity contribution in [3.8, 4) is 11.5 Å². The number of hydrogen-bond acceptors (Lipinski definition) is 6. The lowest BCUT2D eigenvalue weighted by Gasteiger charge is -2.16. The van der Waals surface area contributed by atoms with Crippen molar-refractivity contribution in [1.82, 2.24) is 9.97 Å². The third-order valence-corrected chi connectivity index (χ3v) is 6.95. The number of aromatic hydroxyl groups is 1. The van der Waals surface area contributed by atoms with Crippen LogP contribution >= 0.6 is 27.7 Å². The van der Waals surface area contributed by atoms with Crippen molar-refractivity contribution in [3.63, 3.8) is 0 Å². The number of pyridine rings is 2. The van der Waals surface area contributed by atoms with Gasteiger partial charge in [-0.1, -0.05) is 33.8 Å². The molecule has 0 unspecified atom stereocenters. The van der Waals surface area contributed by atoms with Crippen LogP contribution in [0.1, 0.15) is 11.3 Å².